The molecule has 21 heavy (non-hydrogen) atoms. The Balaban J connectivity index is 1.78. The van der Waals surface area contributed by atoms with Gasteiger partial charge in [0.15, 0.2) is 11.5 Å². The number of ether oxygens (including phenoxy) is 2. The van der Waals surface area contributed by atoms with E-state index in [1.54, 1.807) is 19.1 Å². The molecule has 1 heterocycles. The van der Waals surface area contributed by atoms with Crippen molar-refractivity contribution in [1.29, 1.82) is 0 Å². The molecule has 0 saturated heterocycles. The van der Waals surface area contributed by atoms with Crippen LogP contribution in [0.1, 0.15) is 43.7 Å². The summed E-state index contributed by atoms with van der Waals surface area (Å²) in [5, 5.41) is 0. The van der Waals surface area contributed by atoms with Crippen molar-refractivity contribution >= 4 is 0 Å². The monoisotopic (exact) mass is 290 g/mol. The third-order valence-corrected chi connectivity index (χ3v) is 5.35. The minimum atomic E-state index is 0.856. The lowest BCUT2D eigenvalue weighted by Gasteiger charge is -2.36. The molecule has 1 aliphatic heterocycles. The second-order valence-electron chi connectivity index (χ2n) is 6.78. The van der Waals surface area contributed by atoms with Crippen LogP contribution < -0.4 is 14.4 Å². The molecular formula is C18H28NO2+. The summed E-state index contributed by atoms with van der Waals surface area (Å²) in [7, 11) is 3.44. The van der Waals surface area contributed by atoms with E-state index in [2.05, 4.69) is 19.1 Å². The van der Waals surface area contributed by atoms with Gasteiger partial charge in [-0.05, 0) is 36.5 Å². The molecule has 0 radical (unpaired) electrons. The first-order chi connectivity index (χ1) is 10.2. The second-order valence-corrected chi connectivity index (χ2v) is 6.78. The van der Waals surface area contributed by atoms with E-state index in [1.165, 1.54) is 43.4 Å². The minimum Gasteiger partial charge on any atom is -0.493 e. The van der Waals surface area contributed by atoms with Crippen LogP contribution in [0, 0.1) is 5.92 Å². The van der Waals surface area contributed by atoms with Crippen molar-refractivity contribution in [3.05, 3.63) is 23.3 Å². The molecule has 1 aromatic carbocycles. The van der Waals surface area contributed by atoms with Crippen LogP contribution in [-0.4, -0.2) is 26.8 Å². The maximum atomic E-state index is 5.47. The van der Waals surface area contributed by atoms with Crippen molar-refractivity contribution in [2.24, 2.45) is 5.92 Å². The Kier molecular flexibility index (Phi) is 4.39. The number of benzene rings is 1. The van der Waals surface area contributed by atoms with E-state index < -0.39 is 0 Å². The van der Waals surface area contributed by atoms with Gasteiger partial charge in [0, 0.05) is 18.4 Å². The predicted octanol–water partition coefficient (Wildman–Crippen LogP) is 2.22. The van der Waals surface area contributed by atoms with Gasteiger partial charge in [-0.15, -0.1) is 0 Å². The van der Waals surface area contributed by atoms with Crippen LogP contribution in [-0.2, 0) is 13.0 Å². The fraction of sp³-hybridized carbons (Fsp3) is 0.667. The third kappa shape index (κ3) is 3.03. The van der Waals surface area contributed by atoms with Crippen molar-refractivity contribution in [3.63, 3.8) is 0 Å². The Morgan fingerprint density at radius 3 is 2.43 bits per heavy atom. The van der Waals surface area contributed by atoms with Crippen molar-refractivity contribution in [2.45, 2.75) is 51.6 Å². The summed E-state index contributed by atoms with van der Waals surface area (Å²) in [6.07, 6.45) is 6.80. The molecule has 1 saturated carbocycles. The Labute approximate surface area is 128 Å². The smallest absolute Gasteiger partial charge is 0.161 e. The molecule has 0 spiro atoms. The lowest BCUT2D eigenvalue weighted by molar-refractivity contribution is -0.942. The van der Waals surface area contributed by atoms with Gasteiger partial charge in [-0.25, -0.2) is 0 Å². The number of hydrogen-bond acceptors (Lipinski definition) is 2. The van der Waals surface area contributed by atoms with E-state index in [0.717, 1.165) is 36.4 Å². The van der Waals surface area contributed by atoms with Crippen LogP contribution >= 0.6 is 0 Å². The standard InChI is InChI=1S/C18H27NO2/c1-13-5-4-6-16(9-13)19-8-7-14-10-17(20-2)18(21-3)11-15(14)12-19/h10-11,13,16H,4-9,12H2,1-3H3/p+1/t13-,16-/m0/s1. The van der Waals surface area contributed by atoms with Crippen molar-refractivity contribution in [2.75, 3.05) is 20.8 Å². The van der Waals surface area contributed by atoms with Gasteiger partial charge in [0.25, 0.3) is 0 Å². The zero-order valence-corrected chi connectivity index (χ0v) is 13.6. The van der Waals surface area contributed by atoms with Crippen LogP contribution in [0.15, 0.2) is 12.1 Å². The summed E-state index contributed by atoms with van der Waals surface area (Å²) in [4.78, 5) is 1.78. The average molecular weight is 290 g/mol. The largest absolute Gasteiger partial charge is 0.493 e. The number of methoxy groups -OCH3 is 2. The molecule has 1 N–H and O–H groups in total. The fourth-order valence-electron chi connectivity index (χ4n) is 4.14. The Morgan fingerprint density at radius 2 is 1.76 bits per heavy atom. The van der Waals surface area contributed by atoms with Crippen LogP contribution in [0.5, 0.6) is 11.5 Å². The van der Waals surface area contributed by atoms with Gasteiger partial charge in [0.1, 0.15) is 6.54 Å². The lowest BCUT2D eigenvalue weighted by atomic mass is 9.85. The zero-order chi connectivity index (χ0) is 14.8. The highest BCUT2D eigenvalue weighted by molar-refractivity contribution is 5.47. The molecule has 116 valence electrons. The molecule has 0 amide bonds. The molecule has 3 rings (SSSR count). The Morgan fingerprint density at radius 1 is 1.05 bits per heavy atom. The third-order valence-electron chi connectivity index (χ3n) is 5.35. The fourth-order valence-corrected chi connectivity index (χ4v) is 4.14. The topological polar surface area (TPSA) is 22.9 Å². The molecule has 2 aliphatic rings. The highest BCUT2D eigenvalue weighted by Gasteiger charge is 2.31. The number of hydrogen-bond donors (Lipinski definition) is 1. The zero-order valence-electron chi connectivity index (χ0n) is 13.6. The molecule has 1 fully saturated rings. The van der Waals surface area contributed by atoms with Crippen LogP contribution in [0.3, 0.4) is 0 Å². The van der Waals surface area contributed by atoms with Gasteiger partial charge in [-0.3, -0.25) is 0 Å². The summed E-state index contributed by atoms with van der Waals surface area (Å²) in [5.74, 6) is 2.64. The van der Waals surface area contributed by atoms with Gasteiger partial charge in [0.2, 0.25) is 0 Å². The summed E-state index contributed by atoms with van der Waals surface area (Å²) in [6.45, 7) is 4.82. The van der Waals surface area contributed by atoms with E-state index in [1.807, 2.05) is 0 Å². The number of rotatable bonds is 3. The maximum Gasteiger partial charge on any atom is 0.161 e. The molecule has 1 aliphatic carbocycles. The van der Waals surface area contributed by atoms with E-state index in [4.69, 9.17) is 9.47 Å². The first-order valence-corrected chi connectivity index (χ1v) is 8.29. The van der Waals surface area contributed by atoms with Crippen molar-refractivity contribution < 1.29 is 14.4 Å². The average Bonchev–Trinajstić information content (AvgIpc) is 2.53. The molecular weight excluding hydrogens is 262 g/mol. The van der Waals surface area contributed by atoms with Gasteiger partial charge < -0.3 is 14.4 Å². The molecule has 1 aromatic rings. The van der Waals surface area contributed by atoms with Crippen LogP contribution in [0.25, 0.3) is 0 Å². The summed E-state index contributed by atoms with van der Waals surface area (Å²) in [5.41, 5.74) is 2.90. The van der Waals surface area contributed by atoms with E-state index in [-0.39, 0.29) is 0 Å². The molecule has 3 atom stereocenters. The Hall–Kier alpha value is -1.22. The predicted molar refractivity (Wildman–Crippen MR) is 84.2 cm³/mol. The molecule has 3 heteroatoms. The number of quaternary nitrogens is 1. The molecule has 0 aromatic heterocycles. The first-order valence-electron chi connectivity index (χ1n) is 8.29. The van der Waals surface area contributed by atoms with Gasteiger partial charge in [0.05, 0.1) is 26.8 Å². The summed E-state index contributed by atoms with van der Waals surface area (Å²) < 4.78 is 10.9. The number of fused-ring (bicyclic) bond motifs is 1. The number of nitrogens with one attached hydrogen (secondary N) is 1. The summed E-state index contributed by atoms with van der Waals surface area (Å²) in [6, 6.07) is 5.23. The second kappa shape index (κ2) is 6.27. The quantitative estimate of drug-likeness (QED) is 0.922. The van der Waals surface area contributed by atoms with Gasteiger partial charge in [-0.2, -0.15) is 0 Å². The maximum absolute atomic E-state index is 5.47. The lowest BCUT2D eigenvalue weighted by Crippen LogP contribution is -3.15. The highest BCUT2D eigenvalue weighted by Crippen LogP contribution is 2.31. The summed E-state index contributed by atoms with van der Waals surface area (Å²) >= 11 is 0. The van der Waals surface area contributed by atoms with Crippen LogP contribution in [0.2, 0.25) is 0 Å². The molecule has 3 nitrogen and oxygen atoms in total. The van der Waals surface area contributed by atoms with Crippen molar-refractivity contribution in [3.8, 4) is 11.5 Å². The SMILES string of the molecule is COc1cc2c(cc1OC)C[NH+]([C@H]1CCC[C@H](C)C1)CC2. The minimum absolute atomic E-state index is 0.856. The normalized spacial score (nSPS) is 28.8. The van der Waals surface area contributed by atoms with E-state index in [9.17, 15) is 0 Å². The molecule has 0 bridgehead atoms. The van der Waals surface area contributed by atoms with E-state index >= 15 is 0 Å². The first kappa shape index (κ1) is 14.7. The van der Waals surface area contributed by atoms with E-state index in [0.29, 0.717) is 0 Å². The molecule has 1 unspecified atom stereocenters. The van der Waals surface area contributed by atoms with Gasteiger partial charge >= 0.3 is 0 Å². The highest BCUT2D eigenvalue weighted by atomic mass is 16.5. The van der Waals surface area contributed by atoms with Crippen molar-refractivity contribution in [1.82, 2.24) is 0 Å². The van der Waals surface area contributed by atoms with Gasteiger partial charge in [-0.1, -0.05) is 13.3 Å². The Bertz CT molecular complexity index is 500. The van der Waals surface area contributed by atoms with Crippen LogP contribution in [0.4, 0.5) is 0 Å².